The molecule has 0 fully saturated rings. The molecule has 2 amide bonds. The molecule has 0 bridgehead atoms. The first-order valence-corrected chi connectivity index (χ1v) is 8.16. The van der Waals surface area contributed by atoms with Crippen LogP contribution in [0.5, 0.6) is 0 Å². The molecule has 7 heteroatoms. The predicted molar refractivity (Wildman–Crippen MR) is 98.1 cm³/mol. The van der Waals surface area contributed by atoms with Crippen LogP contribution in [-0.4, -0.2) is 33.9 Å². The summed E-state index contributed by atoms with van der Waals surface area (Å²) in [7, 11) is 1.57. The molecule has 0 unspecified atom stereocenters. The monoisotopic (exact) mass is 349 g/mol. The zero-order valence-corrected chi connectivity index (χ0v) is 14.6. The Balaban J connectivity index is 1.71. The van der Waals surface area contributed by atoms with Crippen molar-refractivity contribution in [1.29, 1.82) is 0 Å². The van der Waals surface area contributed by atoms with Gasteiger partial charge in [0.1, 0.15) is 0 Å². The summed E-state index contributed by atoms with van der Waals surface area (Å²) in [5.74, 6) is -0.517. The van der Waals surface area contributed by atoms with Gasteiger partial charge in [-0.2, -0.15) is 0 Å². The van der Waals surface area contributed by atoms with Gasteiger partial charge < -0.3 is 10.6 Å². The second-order valence-electron chi connectivity index (χ2n) is 5.78. The quantitative estimate of drug-likeness (QED) is 0.739. The summed E-state index contributed by atoms with van der Waals surface area (Å²) in [6, 6.07) is 16.5. The van der Waals surface area contributed by atoms with E-state index < -0.39 is 0 Å². The van der Waals surface area contributed by atoms with Crippen LogP contribution in [0.1, 0.15) is 32.1 Å². The molecule has 0 aliphatic rings. The van der Waals surface area contributed by atoms with Gasteiger partial charge in [0.2, 0.25) is 0 Å². The minimum atomic E-state index is -0.338. The first-order valence-electron chi connectivity index (χ1n) is 8.16. The molecular weight excluding hydrogens is 330 g/mol. The number of hydrogen-bond donors (Lipinski definition) is 2. The molecule has 3 rings (SSSR count). The van der Waals surface area contributed by atoms with E-state index in [-0.39, 0.29) is 17.5 Å². The summed E-state index contributed by atoms with van der Waals surface area (Å²) >= 11 is 0. The maximum absolute atomic E-state index is 12.5. The van der Waals surface area contributed by atoms with Crippen LogP contribution in [0, 0.1) is 6.92 Å². The molecule has 3 aromatic rings. The van der Waals surface area contributed by atoms with Crippen molar-refractivity contribution in [2.45, 2.75) is 13.5 Å². The van der Waals surface area contributed by atoms with Gasteiger partial charge in [-0.15, -0.1) is 5.10 Å². The molecule has 2 N–H and O–H groups in total. The Hall–Kier alpha value is -3.48. The number of nitrogens with zero attached hydrogens (tertiary/aromatic N) is 3. The van der Waals surface area contributed by atoms with Gasteiger partial charge in [0, 0.05) is 18.3 Å². The summed E-state index contributed by atoms with van der Waals surface area (Å²) in [5, 5.41) is 13.4. The molecule has 2 aromatic carbocycles. The standard InChI is InChI=1S/C19H19N5O2/c1-13-17(22-23-24(13)12-14-6-4-3-5-7-14)19(26)21-16-10-8-15(9-11-16)18(25)20-2/h3-11H,12H2,1-2H3,(H,20,25)(H,21,26). The van der Waals surface area contributed by atoms with Crippen molar-refractivity contribution >= 4 is 17.5 Å². The number of hydrogen-bond acceptors (Lipinski definition) is 4. The summed E-state index contributed by atoms with van der Waals surface area (Å²) < 4.78 is 1.69. The average molecular weight is 349 g/mol. The summed E-state index contributed by atoms with van der Waals surface area (Å²) in [6.45, 7) is 2.36. The number of carbonyl (C=O) groups is 2. The van der Waals surface area contributed by atoms with Gasteiger partial charge in [-0.25, -0.2) is 4.68 Å². The average Bonchev–Trinajstić information content (AvgIpc) is 3.03. The Bertz CT molecular complexity index is 917. The van der Waals surface area contributed by atoms with Crippen molar-refractivity contribution in [3.05, 3.63) is 77.1 Å². The Kier molecular flexibility index (Phi) is 5.07. The van der Waals surface area contributed by atoms with Crippen LogP contribution in [0.25, 0.3) is 0 Å². The minimum Gasteiger partial charge on any atom is -0.355 e. The van der Waals surface area contributed by atoms with Crippen molar-refractivity contribution < 1.29 is 9.59 Å². The first kappa shape index (κ1) is 17.3. The number of amides is 2. The summed E-state index contributed by atoms with van der Waals surface area (Å²) in [6.07, 6.45) is 0. The van der Waals surface area contributed by atoms with Crippen molar-refractivity contribution in [2.24, 2.45) is 0 Å². The molecule has 26 heavy (non-hydrogen) atoms. The van der Waals surface area contributed by atoms with Crippen molar-refractivity contribution in [3.8, 4) is 0 Å². The molecule has 1 aromatic heterocycles. The molecule has 7 nitrogen and oxygen atoms in total. The summed E-state index contributed by atoms with van der Waals surface area (Å²) in [4.78, 5) is 24.0. The normalized spacial score (nSPS) is 10.4. The van der Waals surface area contributed by atoms with Gasteiger partial charge in [-0.1, -0.05) is 35.5 Å². The highest BCUT2D eigenvalue weighted by molar-refractivity contribution is 6.03. The molecular formula is C19H19N5O2. The van der Waals surface area contributed by atoms with Gasteiger partial charge in [0.25, 0.3) is 11.8 Å². The second-order valence-corrected chi connectivity index (χ2v) is 5.78. The fraction of sp³-hybridized carbons (Fsp3) is 0.158. The van der Waals surface area contributed by atoms with Gasteiger partial charge in [-0.3, -0.25) is 9.59 Å². The van der Waals surface area contributed by atoms with Crippen LogP contribution in [0.2, 0.25) is 0 Å². The third kappa shape index (κ3) is 3.77. The Morgan fingerprint density at radius 3 is 2.35 bits per heavy atom. The second kappa shape index (κ2) is 7.60. The highest BCUT2D eigenvalue weighted by Crippen LogP contribution is 2.13. The summed E-state index contributed by atoms with van der Waals surface area (Å²) in [5.41, 5.74) is 3.15. The lowest BCUT2D eigenvalue weighted by Gasteiger charge is -2.06. The number of carbonyl (C=O) groups excluding carboxylic acids is 2. The zero-order chi connectivity index (χ0) is 18.5. The molecule has 0 atom stereocenters. The fourth-order valence-corrected chi connectivity index (χ4v) is 2.52. The van der Waals surface area contributed by atoms with Gasteiger partial charge in [0.15, 0.2) is 5.69 Å². The number of aromatic nitrogens is 3. The van der Waals surface area contributed by atoms with Crippen LogP contribution in [0.15, 0.2) is 54.6 Å². The molecule has 0 radical (unpaired) electrons. The van der Waals surface area contributed by atoms with E-state index in [9.17, 15) is 9.59 Å². The van der Waals surface area contributed by atoms with Crippen molar-refractivity contribution in [1.82, 2.24) is 20.3 Å². The third-order valence-corrected chi connectivity index (χ3v) is 4.00. The molecule has 0 spiro atoms. The van der Waals surface area contributed by atoms with Crippen LogP contribution in [-0.2, 0) is 6.54 Å². The minimum absolute atomic E-state index is 0.178. The van der Waals surface area contributed by atoms with E-state index in [2.05, 4.69) is 20.9 Å². The topological polar surface area (TPSA) is 88.9 Å². The van der Waals surface area contributed by atoms with Crippen LogP contribution >= 0.6 is 0 Å². The molecule has 1 heterocycles. The largest absolute Gasteiger partial charge is 0.355 e. The fourth-order valence-electron chi connectivity index (χ4n) is 2.52. The highest BCUT2D eigenvalue weighted by Gasteiger charge is 2.17. The van der Waals surface area contributed by atoms with Crippen LogP contribution in [0.3, 0.4) is 0 Å². The lowest BCUT2D eigenvalue weighted by atomic mass is 10.2. The van der Waals surface area contributed by atoms with Gasteiger partial charge in [0.05, 0.1) is 12.2 Å². The lowest BCUT2D eigenvalue weighted by Crippen LogP contribution is -2.18. The van der Waals surface area contributed by atoms with Gasteiger partial charge >= 0.3 is 0 Å². The molecule has 0 aliphatic heterocycles. The third-order valence-electron chi connectivity index (χ3n) is 4.00. The number of nitrogens with one attached hydrogen (secondary N) is 2. The van der Waals surface area contributed by atoms with E-state index in [0.29, 0.717) is 23.5 Å². The van der Waals surface area contributed by atoms with E-state index in [0.717, 1.165) is 5.56 Å². The molecule has 0 saturated carbocycles. The Morgan fingerprint density at radius 2 is 1.69 bits per heavy atom. The maximum Gasteiger partial charge on any atom is 0.278 e. The van der Waals surface area contributed by atoms with E-state index in [1.807, 2.05) is 37.3 Å². The van der Waals surface area contributed by atoms with E-state index in [1.165, 1.54) is 0 Å². The Labute approximate surface area is 151 Å². The molecule has 132 valence electrons. The molecule has 0 saturated heterocycles. The Morgan fingerprint density at radius 1 is 1.00 bits per heavy atom. The van der Waals surface area contributed by atoms with Crippen molar-refractivity contribution in [3.63, 3.8) is 0 Å². The molecule has 0 aliphatic carbocycles. The number of anilines is 1. The predicted octanol–water partition coefficient (Wildman–Crippen LogP) is 2.25. The van der Waals surface area contributed by atoms with Crippen LogP contribution in [0.4, 0.5) is 5.69 Å². The lowest BCUT2D eigenvalue weighted by molar-refractivity contribution is 0.0962. The van der Waals surface area contributed by atoms with E-state index >= 15 is 0 Å². The number of rotatable bonds is 5. The van der Waals surface area contributed by atoms with Crippen LogP contribution < -0.4 is 10.6 Å². The SMILES string of the molecule is CNC(=O)c1ccc(NC(=O)c2nnn(Cc3ccccc3)c2C)cc1. The number of benzene rings is 2. The first-order chi connectivity index (χ1) is 12.6. The smallest absolute Gasteiger partial charge is 0.278 e. The van der Waals surface area contributed by atoms with E-state index in [4.69, 9.17) is 0 Å². The van der Waals surface area contributed by atoms with E-state index in [1.54, 1.807) is 36.0 Å². The maximum atomic E-state index is 12.5. The zero-order valence-electron chi connectivity index (χ0n) is 14.6. The highest BCUT2D eigenvalue weighted by atomic mass is 16.2. The van der Waals surface area contributed by atoms with Crippen molar-refractivity contribution in [2.75, 3.05) is 12.4 Å². The van der Waals surface area contributed by atoms with Gasteiger partial charge in [-0.05, 0) is 36.8 Å².